The summed E-state index contributed by atoms with van der Waals surface area (Å²) in [6.45, 7) is 21.5. The Morgan fingerprint density at radius 1 is 0.867 bits per heavy atom. The Balaban J connectivity index is -0.0000000318. The van der Waals surface area contributed by atoms with Crippen molar-refractivity contribution >= 4 is 0 Å². The van der Waals surface area contributed by atoms with Crippen LogP contribution in [-0.2, 0) is 0 Å². The first kappa shape index (κ1) is 29.3. The van der Waals surface area contributed by atoms with Gasteiger partial charge < -0.3 is 0 Å². The Bertz CT molecular complexity index is 60.4. The summed E-state index contributed by atoms with van der Waals surface area (Å²) in [6.07, 6.45) is 8.52. The van der Waals surface area contributed by atoms with E-state index in [2.05, 4.69) is 32.6 Å². The van der Waals surface area contributed by atoms with Crippen molar-refractivity contribution in [3.63, 3.8) is 0 Å². The van der Waals surface area contributed by atoms with Crippen molar-refractivity contribution in [2.24, 2.45) is 0 Å². The Kier molecular flexibility index (Phi) is 204. The molecular formula is C15H36. The van der Waals surface area contributed by atoms with Crippen molar-refractivity contribution < 1.29 is 0 Å². The standard InChI is InChI=1S/C6H12.C3H6.3C2H6/c1-3-5-6-4-2;1-3-2;3*1-2/h3,5H,4,6H2,1-2H3;3H,1H2,2H3;3*1-2H3/b5-3-;;;;. The molecule has 0 nitrogen and oxygen atoms in total. The summed E-state index contributed by atoms with van der Waals surface area (Å²) in [6, 6.07) is 0. The minimum absolute atomic E-state index is 1.23. The van der Waals surface area contributed by atoms with E-state index in [-0.39, 0.29) is 0 Å². The normalized spacial score (nSPS) is 6.20. The van der Waals surface area contributed by atoms with Crippen LogP contribution in [0.1, 0.15) is 75.2 Å². The van der Waals surface area contributed by atoms with Gasteiger partial charge in [-0.2, -0.15) is 0 Å². The maximum Gasteiger partial charge on any atom is -0.0353 e. The minimum atomic E-state index is 1.23. The van der Waals surface area contributed by atoms with Gasteiger partial charge in [0.25, 0.3) is 0 Å². The van der Waals surface area contributed by atoms with Gasteiger partial charge >= 0.3 is 0 Å². The topological polar surface area (TPSA) is 0 Å². The second kappa shape index (κ2) is 105. The molecular weight excluding hydrogens is 180 g/mol. The summed E-state index contributed by atoms with van der Waals surface area (Å²) in [7, 11) is 0. The summed E-state index contributed by atoms with van der Waals surface area (Å²) in [5, 5.41) is 0. The van der Waals surface area contributed by atoms with Crippen LogP contribution >= 0.6 is 0 Å². The molecule has 0 radical (unpaired) electrons. The Hall–Kier alpha value is -0.520. The summed E-state index contributed by atoms with van der Waals surface area (Å²) in [5.74, 6) is 0. The molecule has 0 heteroatoms. The smallest absolute Gasteiger partial charge is 0.0353 e. The van der Waals surface area contributed by atoms with Crippen LogP contribution in [0.3, 0.4) is 0 Å². The van der Waals surface area contributed by atoms with Crippen LogP contribution in [0.2, 0.25) is 0 Å². The predicted octanol–water partition coefficient (Wildman–Crippen LogP) is 6.63. The van der Waals surface area contributed by atoms with Gasteiger partial charge in [0.2, 0.25) is 0 Å². The molecule has 0 unspecified atom stereocenters. The second-order valence-electron chi connectivity index (χ2n) is 1.77. The molecule has 0 bridgehead atoms. The molecule has 96 valence electrons. The molecule has 15 heavy (non-hydrogen) atoms. The van der Waals surface area contributed by atoms with E-state index in [0.29, 0.717) is 0 Å². The highest BCUT2D eigenvalue weighted by molar-refractivity contribution is 4.75. The predicted molar refractivity (Wildman–Crippen MR) is 79.6 cm³/mol. The van der Waals surface area contributed by atoms with Gasteiger partial charge in [0.15, 0.2) is 0 Å². The quantitative estimate of drug-likeness (QED) is 0.454. The van der Waals surface area contributed by atoms with Crippen molar-refractivity contribution in [1.29, 1.82) is 0 Å². The molecule has 0 heterocycles. The number of allylic oxidation sites excluding steroid dienone is 3. The van der Waals surface area contributed by atoms with E-state index in [0.717, 1.165) is 0 Å². The maximum absolute atomic E-state index is 3.36. The molecule has 0 fully saturated rings. The molecule has 0 aliphatic heterocycles. The van der Waals surface area contributed by atoms with Crippen LogP contribution in [0, 0.1) is 0 Å². The van der Waals surface area contributed by atoms with Crippen LogP contribution in [0.5, 0.6) is 0 Å². The molecule has 0 aromatic heterocycles. The molecule has 0 aliphatic rings. The average Bonchev–Trinajstić information content (AvgIpc) is 2.35. The lowest BCUT2D eigenvalue weighted by atomic mass is 10.3. The number of hydrogen-bond donors (Lipinski definition) is 0. The molecule has 0 aromatic rings. The first-order valence-corrected chi connectivity index (χ1v) is 6.51. The van der Waals surface area contributed by atoms with E-state index in [1.807, 2.05) is 48.5 Å². The van der Waals surface area contributed by atoms with Gasteiger partial charge in [-0.1, -0.05) is 73.1 Å². The number of unbranched alkanes of at least 4 members (excludes halogenated alkanes) is 1. The lowest BCUT2D eigenvalue weighted by Crippen LogP contribution is -1.55. The largest absolute Gasteiger partial charge is 0.103 e. The molecule has 0 rings (SSSR count). The zero-order valence-electron chi connectivity index (χ0n) is 12.9. The van der Waals surface area contributed by atoms with Gasteiger partial charge in [0.1, 0.15) is 0 Å². The van der Waals surface area contributed by atoms with Crippen molar-refractivity contribution in [3.05, 3.63) is 24.8 Å². The van der Waals surface area contributed by atoms with Gasteiger partial charge in [-0.15, -0.1) is 6.58 Å². The monoisotopic (exact) mass is 216 g/mol. The first-order valence-electron chi connectivity index (χ1n) is 6.51. The fourth-order valence-electron chi connectivity index (χ4n) is 0.333. The molecule has 0 saturated carbocycles. The zero-order valence-corrected chi connectivity index (χ0v) is 12.9. The molecule has 0 aromatic carbocycles. The van der Waals surface area contributed by atoms with Crippen molar-refractivity contribution in [3.8, 4) is 0 Å². The van der Waals surface area contributed by atoms with E-state index in [4.69, 9.17) is 0 Å². The molecule has 0 aliphatic carbocycles. The van der Waals surface area contributed by atoms with Crippen molar-refractivity contribution in [2.45, 2.75) is 75.2 Å². The fourth-order valence-corrected chi connectivity index (χ4v) is 0.333. The molecule has 0 N–H and O–H groups in total. The van der Waals surface area contributed by atoms with Gasteiger partial charge in [0, 0.05) is 0 Å². The number of rotatable bonds is 2. The Labute approximate surface area is 100 Å². The van der Waals surface area contributed by atoms with Crippen LogP contribution in [0.4, 0.5) is 0 Å². The third-order valence-corrected chi connectivity index (χ3v) is 0.691. The maximum atomic E-state index is 3.36. The fraction of sp³-hybridized carbons (Fsp3) is 0.733. The SMILES string of the molecule is C/C=C\CCC.C=CC.CC.CC.CC. The second-order valence-corrected chi connectivity index (χ2v) is 1.77. The van der Waals surface area contributed by atoms with Gasteiger partial charge in [-0.05, 0) is 20.3 Å². The molecule has 0 amide bonds. The third kappa shape index (κ3) is 289. The van der Waals surface area contributed by atoms with Crippen LogP contribution in [0.15, 0.2) is 24.8 Å². The van der Waals surface area contributed by atoms with Gasteiger partial charge in [0.05, 0.1) is 0 Å². The van der Waals surface area contributed by atoms with E-state index >= 15 is 0 Å². The van der Waals surface area contributed by atoms with Crippen LogP contribution in [0.25, 0.3) is 0 Å². The third-order valence-electron chi connectivity index (χ3n) is 0.691. The van der Waals surface area contributed by atoms with Gasteiger partial charge in [-0.25, -0.2) is 0 Å². The average molecular weight is 216 g/mol. The Morgan fingerprint density at radius 3 is 1.20 bits per heavy atom. The zero-order chi connectivity index (χ0) is 13.5. The Morgan fingerprint density at radius 2 is 1.13 bits per heavy atom. The summed E-state index contributed by atoms with van der Waals surface area (Å²) in [5.41, 5.74) is 0. The van der Waals surface area contributed by atoms with E-state index in [1.165, 1.54) is 12.8 Å². The van der Waals surface area contributed by atoms with Crippen LogP contribution in [-0.4, -0.2) is 0 Å². The highest BCUT2D eigenvalue weighted by Gasteiger charge is 1.64. The molecule has 0 spiro atoms. The highest BCUT2D eigenvalue weighted by Crippen LogP contribution is 1.85. The molecule has 0 atom stereocenters. The van der Waals surface area contributed by atoms with E-state index in [9.17, 15) is 0 Å². The summed E-state index contributed by atoms with van der Waals surface area (Å²) >= 11 is 0. The van der Waals surface area contributed by atoms with Crippen molar-refractivity contribution in [1.82, 2.24) is 0 Å². The van der Waals surface area contributed by atoms with E-state index < -0.39 is 0 Å². The minimum Gasteiger partial charge on any atom is -0.103 e. The highest BCUT2D eigenvalue weighted by atomic mass is 13.7. The molecule has 0 saturated heterocycles. The van der Waals surface area contributed by atoms with Gasteiger partial charge in [-0.3, -0.25) is 0 Å². The lowest BCUT2D eigenvalue weighted by Gasteiger charge is -1.76. The van der Waals surface area contributed by atoms with Crippen LogP contribution < -0.4 is 0 Å². The van der Waals surface area contributed by atoms with E-state index in [1.54, 1.807) is 6.08 Å². The number of hydrogen-bond acceptors (Lipinski definition) is 0. The first-order chi connectivity index (χ1) is 7.33. The summed E-state index contributed by atoms with van der Waals surface area (Å²) < 4.78 is 0. The van der Waals surface area contributed by atoms with Crippen molar-refractivity contribution in [2.75, 3.05) is 0 Å². The lowest BCUT2D eigenvalue weighted by molar-refractivity contribution is 0.957. The summed E-state index contributed by atoms with van der Waals surface area (Å²) in [4.78, 5) is 0.